The molecule has 0 saturated heterocycles. The van der Waals surface area contributed by atoms with E-state index < -0.39 is 0 Å². The molecule has 0 amide bonds. The molecule has 0 aliphatic rings. The summed E-state index contributed by atoms with van der Waals surface area (Å²) in [5, 5.41) is 8.55. The van der Waals surface area contributed by atoms with Crippen LogP contribution in [0.25, 0.3) is 0 Å². The molecule has 0 aromatic heterocycles. The second-order valence-electron chi connectivity index (χ2n) is 2.58. The molecule has 0 bridgehead atoms. The van der Waals surface area contributed by atoms with Crippen molar-refractivity contribution < 1.29 is 5.11 Å². The Morgan fingerprint density at radius 3 is 2.44 bits per heavy atom. The van der Waals surface area contributed by atoms with Crippen LogP contribution in [0.5, 0.6) is 0 Å². The molecule has 2 unspecified atom stereocenters. The summed E-state index contributed by atoms with van der Waals surface area (Å²) in [4.78, 5) is 0. The molecular weight excluding hydrogens is 112 g/mol. The molecule has 0 saturated carbocycles. The third kappa shape index (κ3) is 3.31. The Kier molecular flexibility index (Phi) is 4.41. The summed E-state index contributed by atoms with van der Waals surface area (Å²) in [6.45, 7) is 8.22. The summed E-state index contributed by atoms with van der Waals surface area (Å²) in [5.74, 6) is 1.09. The van der Waals surface area contributed by atoms with Gasteiger partial charge >= 0.3 is 0 Å². The van der Waals surface area contributed by atoms with Gasteiger partial charge in [-0.3, -0.25) is 0 Å². The van der Waals surface area contributed by atoms with Crippen molar-refractivity contribution in [3.8, 4) is 0 Å². The maximum Gasteiger partial charge on any atom is 0.0433 e. The summed E-state index contributed by atoms with van der Waals surface area (Å²) >= 11 is 0. The quantitative estimate of drug-likeness (QED) is 0.573. The maximum absolute atomic E-state index is 8.55. The van der Waals surface area contributed by atoms with Crippen molar-refractivity contribution in [1.82, 2.24) is 0 Å². The average molecular weight is 128 g/mol. The first kappa shape index (κ1) is 8.70. The third-order valence-electron chi connectivity index (χ3n) is 1.85. The Morgan fingerprint density at radius 2 is 2.11 bits per heavy atom. The van der Waals surface area contributed by atoms with Crippen LogP contribution in [-0.4, -0.2) is 11.7 Å². The number of rotatable bonds is 4. The van der Waals surface area contributed by atoms with Gasteiger partial charge in [0.2, 0.25) is 0 Å². The molecule has 54 valence electrons. The molecule has 0 radical (unpaired) electrons. The molecule has 0 aliphatic heterocycles. The van der Waals surface area contributed by atoms with Gasteiger partial charge in [-0.1, -0.05) is 19.9 Å². The Bertz CT molecular complexity index is 78.6. The molecule has 0 spiro atoms. The van der Waals surface area contributed by atoms with Gasteiger partial charge in [0.25, 0.3) is 0 Å². The lowest BCUT2D eigenvalue weighted by Crippen LogP contribution is -2.06. The van der Waals surface area contributed by atoms with Crippen molar-refractivity contribution in [1.29, 1.82) is 0 Å². The minimum absolute atomic E-state index is 0.291. The molecule has 9 heavy (non-hydrogen) atoms. The van der Waals surface area contributed by atoms with Gasteiger partial charge in [0.15, 0.2) is 0 Å². The zero-order valence-corrected chi connectivity index (χ0v) is 6.30. The SMILES string of the molecule is C=CC(C)C(C)CCO. The maximum atomic E-state index is 8.55. The molecular formula is C8H16O. The van der Waals surface area contributed by atoms with Crippen molar-refractivity contribution in [2.45, 2.75) is 20.3 Å². The molecule has 0 aliphatic carbocycles. The van der Waals surface area contributed by atoms with E-state index in [0.717, 1.165) is 6.42 Å². The molecule has 0 aromatic rings. The van der Waals surface area contributed by atoms with Gasteiger partial charge in [-0.15, -0.1) is 6.58 Å². The van der Waals surface area contributed by atoms with Gasteiger partial charge in [0, 0.05) is 6.61 Å². The first-order valence-electron chi connectivity index (χ1n) is 3.45. The van der Waals surface area contributed by atoms with Crippen LogP contribution in [0.15, 0.2) is 12.7 Å². The van der Waals surface area contributed by atoms with Crippen LogP contribution >= 0.6 is 0 Å². The summed E-state index contributed by atoms with van der Waals surface area (Å²) in [6.07, 6.45) is 2.81. The smallest absolute Gasteiger partial charge is 0.0433 e. The van der Waals surface area contributed by atoms with Crippen LogP contribution in [0.2, 0.25) is 0 Å². The summed E-state index contributed by atoms with van der Waals surface area (Å²) < 4.78 is 0. The highest BCUT2D eigenvalue weighted by molar-refractivity contribution is 4.78. The Balaban J connectivity index is 3.44. The predicted octanol–water partition coefficient (Wildman–Crippen LogP) is 1.83. The minimum atomic E-state index is 0.291. The Labute approximate surface area is 57.4 Å². The van der Waals surface area contributed by atoms with Crippen LogP contribution in [0.3, 0.4) is 0 Å². The van der Waals surface area contributed by atoms with Crippen LogP contribution < -0.4 is 0 Å². The van der Waals surface area contributed by atoms with Gasteiger partial charge in [0.05, 0.1) is 0 Å². The highest BCUT2D eigenvalue weighted by atomic mass is 16.3. The normalized spacial score (nSPS) is 16.8. The number of hydrogen-bond acceptors (Lipinski definition) is 1. The predicted molar refractivity (Wildman–Crippen MR) is 40.2 cm³/mol. The van der Waals surface area contributed by atoms with E-state index in [-0.39, 0.29) is 0 Å². The van der Waals surface area contributed by atoms with E-state index in [2.05, 4.69) is 20.4 Å². The standard InChI is InChI=1S/C8H16O/c1-4-7(2)8(3)5-6-9/h4,7-9H,1,5-6H2,2-3H3. The van der Waals surface area contributed by atoms with Gasteiger partial charge in [0.1, 0.15) is 0 Å². The van der Waals surface area contributed by atoms with Crippen LogP contribution in [-0.2, 0) is 0 Å². The van der Waals surface area contributed by atoms with Crippen molar-refractivity contribution >= 4 is 0 Å². The number of aliphatic hydroxyl groups excluding tert-OH is 1. The van der Waals surface area contributed by atoms with Crippen molar-refractivity contribution in [3.63, 3.8) is 0 Å². The largest absolute Gasteiger partial charge is 0.396 e. The summed E-state index contributed by atoms with van der Waals surface area (Å²) in [5.41, 5.74) is 0. The number of allylic oxidation sites excluding steroid dienone is 1. The van der Waals surface area contributed by atoms with Crippen LogP contribution in [0, 0.1) is 11.8 Å². The average Bonchev–Trinajstić information content (AvgIpc) is 1.87. The Morgan fingerprint density at radius 1 is 1.56 bits per heavy atom. The number of aliphatic hydroxyl groups is 1. The highest BCUT2D eigenvalue weighted by Crippen LogP contribution is 2.14. The lowest BCUT2D eigenvalue weighted by Gasteiger charge is -2.13. The molecule has 0 heterocycles. The monoisotopic (exact) mass is 128 g/mol. The topological polar surface area (TPSA) is 20.2 Å². The fourth-order valence-corrected chi connectivity index (χ4v) is 0.699. The molecule has 1 nitrogen and oxygen atoms in total. The molecule has 0 aromatic carbocycles. The molecule has 2 atom stereocenters. The highest BCUT2D eigenvalue weighted by Gasteiger charge is 2.06. The fourth-order valence-electron chi connectivity index (χ4n) is 0.699. The van der Waals surface area contributed by atoms with Crippen molar-refractivity contribution in [2.24, 2.45) is 11.8 Å². The van der Waals surface area contributed by atoms with Crippen molar-refractivity contribution in [3.05, 3.63) is 12.7 Å². The van der Waals surface area contributed by atoms with E-state index in [1.54, 1.807) is 0 Å². The van der Waals surface area contributed by atoms with E-state index in [4.69, 9.17) is 5.11 Å². The molecule has 1 N–H and O–H groups in total. The second kappa shape index (κ2) is 4.57. The summed E-state index contributed by atoms with van der Waals surface area (Å²) in [7, 11) is 0. The molecule has 1 heteroatoms. The van der Waals surface area contributed by atoms with Gasteiger partial charge in [-0.05, 0) is 18.3 Å². The zero-order valence-electron chi connectivity index (χ0n) is 6.30. The van der Waals surface area contributed by atoms with Gasteiger partial charge in [-0.25, -0.2) is 0 Å². The van der Waals surface area contributed by atoms with E-state index in [9.17, 15) is 0 Å². The molecule has 0 rings (SSSR count). The van der Waals surface area contributed by atoms with Crippen molar-refractivity contribution in [2.75, 3.05) is 6.61 Å². The lowest BCUT2D eigenvalue weighted by atomic mass is 9.94. The number of hydrogen-bond donors (Lipinski definition) is 1. The zero-order chi connectivity index (χ0) is 7.28. The van der Waals surface area contributed by atoms with Crippen LogP contribution in [0.1, 0.15) is 20.3 Å². The van der Waals surface area contributed by atoms with E-state index in [1.807, 2.05) is 6.08 Å². The first-order valence-corrected chi connectivity index (χ1v) is 3.45. The summed E-state index contributed by atoms with van der Waals surface area (Å²) in [6, 6.07) is 0. The van der Waals surface area contributed by atoms with Gasteiger partial charge in [-0.2, -0.15) is 0 Å². The minimum Gasteiger partial charge on any atom is -0.396 e. The van der Waals surface area contributed by atoms with E-state index >= 15 is 0 Å². The van der Waals surface area contributed by atoms with E-state index in [0.29, 0.717) is 18.4 Å². The molecule has 0 fully saturated rings. The first-order chi connectivity index (χ1) is 4.22. The van der Waals surface area contributed by atoms with Gasteiger partial charge < -0.3 is 5.11 Å². The fraction of sp³-hybridized carbons (Fsp3) is 0.750. The second-order valence-corrected chi connectivity index (χ2v) is 2.58. The Hall–Kier alpha value is -0.300. The van der Waals surface area contributed by atoms with E-state index in [1.165, 1.54) is 0 Å². The third-order valence-corrected chi connectivity index (χ3v) is 1.85. The van der Waals surface area contributed by atoms with Crippen LogP contribution in [0.4, 0.5) is 0 Å². The lowest BCUT2D eigenvalue weighted by molar-refractivity contribution is 0.248.